The number of amidine groups is 1. The summed E-state index contributed by atoms with van der Waals surface area (Å²) < 4.78 is 5.85. The van der Waals surface area contributed by atoms with E-state index in [1.54, 1.807) is 35.2 Å². The zero-order valence-corrected chi connectivity index (χ0v) is 20.6. The summed E-state index contributed by atoms with van der Waals surface area (Å²) in [5.74, 6) is 0.948. The largest absolute Gasteiger partial charge is 0.493 e. The van der Waals surface area contributed by atoms with Crippen molar-refractivity contribution in [2.24, 2.45) is 4.99 Å². The summed E-state index contributed by atoms with van der Waals surface area (Å²) in [6, 6.07) is 22.2. The predicted octanol–water partition coefficient (Wildman–Crippen LogP) is 6.31. The summed E-state index contributed by atoms with van der Waals surface area (Å²) in [5.41, 5.74) is 1.07. The summed E-state index contributed by atoms with van der Waals surface area (Å²) in [6.07, 6.45) is 0.794. The topological polar surface area (TPSA) is 65.7 Å². The molecular weight excluding hydrogens is 469 g/mol. The van der Waals surface area contributed by atoms with Gasteiger partial charge in [0.15, 0.2) is 0 Å². The van der Waals surface area contributed by atoms with Gasteiger partial charge >= 0.3 is 0 Å². The molecule has 5 nitrogen and oxygen atoms in total. The van der Waals surface area contributed by atoms with Crippen LogP contribution >= 0.6 is 23.2 Å². The standard InChI is InChI=1S/C27H23Cl2N3O2/c1-4-34-24-15-18(16-30)5-14-23(24)25-31-26(2,19-6-10-21(28)11-7-19)27(3,32(25)17-33)20-8-12-22(29)13-9-20/h5-15,17H,4H2,1-3H3. The monoisotopic (exact) mass is 491 g/mol. The number of nitriles is 1. The van der Waals surface area contributed by atoms with E-state index in [4.69, 9.17) is 32.9 Å². The lowest BCUT2D eigenvalue weighted by atomic mass is 9.71. The second-order valence-corrected chi connectivity index (χ2v) is 9.20. The van der Waals surface area contributed by atoms with Gasteiger partial charge in [-0.1, -0.05) is 47.5 Å². The average molecular weight is 492 g/mol. The van der Waals surface area contributed by atoms with E-state index in [1.165, 1.54) is 0 Å². The molecule has 1 amide bonds. The maximum absolute atomic E-state index is 12.7. The number of carbonyl (C=O) groups excluding carboxylic acids is 1. The summed E-state index contributed by atoms with van der Waals surface area (Å²) >= 11 is 12.4. The molecule has 3 aromatic rings. The number of ether oxygens (including phenoxy) is 1. The summed E-state index contributed by atoms with van der Waals surface area (Å²) in [7, 11) is 0. The second-order valence-electron chi connectivity index (χ2n) is 8.32. The normalized spacial score (nSPS) is 21.6. The number of amides is 1. The van der Waals surface area contributed by atoms with Gasteiger partial charge in [-0.15, -0.1) is 0 Å². The molecule has 0 saturated carbocycles. The first-order valence-corrected chi connectivity index (χ1v) is 11.6. The first-order valence-electron chi connectivity index (χ1n) is 10.8. The Labute approximate surface area is 209 Å². The first kappa shape index (κ1) is 23.8. The highest BCUT2D eigenvalue weighted by atomic mass is 35.5. The van der Waals surface area contributed by atoms with E-state index in [0.29, 0.717) is 39.4 Å². The maximum atomic E-state index is 12.7. The minimum Gasteiger partial charge on any atom is -0.493 e. The van der Waals surface area contributed by atoms with E-state index >= 15 is 0 Å². The minimum absolute atomic E-state index is 0.402. The Kier molecular flexibility index (Phi) is 6.40. The molecule has 0 spiro atoms. The van der Waals surface area contributed by atoms with Crippen LogP contribution in [0.4, 0.5) is 0 Å². The fourth-order valence-corrected chi connectivity index (χ4v) is 4.78. The maximum Gasteiger partial charge on any atom is 0.216 e. The van der Waals surface area contributed by atoms with Gasteiger partial charge in [0.25, 0.3) is 0 Å². The third kappa shape index (κ3) is 3.73. The Hall–Kier alpha value is -3.33. The van der Waals surface area contributed by atoms with Crippen molar-refractivity contribution in [3.05, 3.63) is 99.0 Å². The molecule has 7 heteroatoms. The van der Waals surface area contributed by atoms with Crippen LogP contribution in [-0.2, 0) is 15.9 Å². The van der Waals surface area contributed by atoms with Gasteiger partial charge in [0.05, 0.1) is 23.8 Å². The third-order valence-corrected chi connectivity index (χ3v) is 7.06. The van der Waals surface area contributed by atoms with Crippen LogP contribution in [0, 0.1) is 11.3 Å². The lowest BCUT2D eigenvalue weighted by Gasteiger charge is -2.44. The summed E-state index contributed by atoms with van der Waals surface area (Å²) in [4.78, 5) is 19.5. The van der Waals surface area contributed by atoms with E-state index in [0.717, 1.165) is 17.5 Å². The Morgan fingerprint density at radius 3 is 2.12 bits per heavy atom. The van der Waals surface area contributed by atoms with Crippen molar-refractivity contribution in [2.75, 3.05) is 6.61 Å². The van der Waals surface area contributed by atoms with Gasteiger partial charge in [0, 0.05) is 10.0 Å². The van der Waals surface area contributed by atoms with E-state index in [2.05, 4.69) is 6.07 Å². The Balaban J connectivity index is 2.01. The highest BCUT2D eigenvalue weighted by Crippen LogP contribution is 2.53. The number of hydrogen-bond donors (Lipinski definition) is 0. The van der Waals surface area contributed by atoms with Crippen molar-refractivity contribution in [2.45, 2.75) is 31.8 Å². The van der Waals surface area contributed by atoms with E-state index in [-0.39, 0.29) is 0 Å². The zero-order valence-electron chi connectivity index (χ0n) is 19.0. The minimum atomic E-state index is -0.903. The third-order valence-electron chi connectivity index (χ3n) is 6.56. The highest BCUT2D eigenvalue weighted by Gasteiger charge is 2.57. The molecule has 1 aliphatic heterocycles. The molecule has 0 radical (unpaired) electrons. The van der Waals surface area contributed by atoms with Crippen LogP contribution in [-0.4, -0.2) is 23.8 Å². The van der Waals surface area contributed by atoms with Crippen LogP contribution in [0.5, 0.6) is 5.75 Å². The summed E-state index contributed by atoms with van der Waals surface area (Å²) in [6.45, 7) is 6.25. The molecular formula is C27H23Cl2N3O2. The molecule has 34 heavy (non-hydrogen) atoms. The van der Waals surface area contributed by atoms with Gasteiger partial charge in [-0.2, -0.15) is 5.26 Å². The SMILES string of the molecule is CCOc1cc(C#N)ccc1C1=NC(C)(c2ccc(Cl)cc2)C(C)(c2ccc(Cl)cc2)N1C=O. The first-order chi connectivity index (χ1) is 16.3. The quantitative estimate of drug-likeness (QED) is 0.379. The summed E-state index contributed by atoms with van der Waals surface area (Å²) in [5, 5.41) is 10.6. The van der Waals surface area contributed by atoms with Crippen LogP contribution in [0.15, 0.2) is 71.7 Å². The molecule has 0 aliphatic carbocycles. The fourth-order valence-electron chi connectivity index (χ4n) is 4.53. The van der Waals surface area contributed by atoms with Gasteiger partial charge in [-0.05, 0) is 74.4 Å². The van der Waals surface area contributed by atoms with Crippen molar-refractivity contribution < 1.29 is 9.53 Å². The van der Waals surface area contributed by atoms with Gasteiger partial charge in [0.2, 0.25) is 6.41 Å². The number of nitrogens with zero attached hydrogens (tertiary/aromatic N) is 3. The lowest BCUT2D eigenvalue weighted by Crippen LogP contribution is -2.52. The number of benzene rings is 3. The fraction of sp³-hybridized carbons (Fsp3) is 0.222. The molecule has 1 heterocycles. The van der Waals surface area contributed by atoms with Crippen LogP contribution in [0.1, 0.15) is 43.0 Å². The molecule has 0 bridgehead atoms. The lowest BCUT2D eigenvalue weighted by molar-refractivity contribution is -0.119. The van der Waals surface area contributed by atoms with Crippen LogP contribution in [0.3, 0.4) is 0 Å². The van der Waals surface area contributed by atoms with Crippen LogP contribution < -0.4 is 4.74 Å². The zero-order chi connectivity index (χ0) is 24.5. The van der Waals surface area contributed by atoms with Crippen LogP contribution in [0.25, 0.3) is 0 Å². The molecule has 1 aliphatic rings. The second kappa shape index (κ2) is 9.13. The molecule has 2 atom stereocenters. The number of rotatable bonds is 6. The van der Waals surface area contributed by atoms with Gasteiger partial charge in [0.1, 0.15) is 22.7 Å². The Morgan fingerprint density at radius 2 is 1.59 bits per heavy atom. The molecule has 2 unspecified atom stereocenters. The van der Waals surface area contributed by atoms with E-state index in [1.807, 2.05) is 57.2 Å². The van der Waals surface area contributed by atoms with Crippen molar-refractivity contribution in [3.8, 4) is 11.8 Å². The molecule has 4 rings (SSSR count). The van der Waals surface area contributed by atoms with Crippen molar-refractivity contribution in [3.63, 3.8) is 0 Å². The highest BCUT2D eigenvalue weighted by molar-refractivity contribution is 6.30. The number of hydrogen-bond acceptors (Lipinski definition) is 4. The molecule has 172 valence electrons. The predicted molar refractivity (Wildman–Crippen MR) is 134 cm³/mol. The van der Waals surface area contributed by atoms with Gasteiger partial charge < -0.3 is 4.74 Å². The Morgan fingerprint density at radius 1 is 1.00 bits per heavy atom. The molecule has 0 aromatic heterocycles. The number of carbonyl (C=O) groups is 1. The van der Waals surface area contributed by atoms with Gasteiger partial charge in [-0.25, -0.2) is 0 Å². The molecule has 3 aromatic carbocycles. The number of halogens is 2. The molecule has 0 fully saturated rings. The molecule has 0 N–H and O–H groups in total. The Bertz CT molecular complexity index is 1300. The van der Waals surface area contributed by atoms with Crippen molar-refractivity contribution in [1.82, 2.24) is 4.90 Å². The van der Waals surface area contributed by atoms with E-state index < -0.39 is 11.1 Å². The van der Waals surface area contributed by atoms with Crippen molar-refractivity contribution >= 4 is 35.4 Å². The molecule has 0 saturated heterocycles. The van der Waals surface area contributed by atoms with Crippen molar-refractivity contribution in [1.29, 1.82) is 5.26 Å². The smallest absolute Gasteiger partial charge is 0.216 e. The van der Waals surface area contributed by atoms with Crippen LogP contribution in [0.2, 0.25) is 10.0 Å². The average Bonchev–Trinajstić information content (AvgIpc) is 3.08. The number of aliphatic imine (C=N–C) groups is 1. The van der Waals surface area contributed by atoms with E-state index in [9.17, 15) is 10.1 Å². The van der Waals surface area contributed by atoms with Gasteiger partial charge in [-0.3, -0.25) is 14.7 Å².